The van der Waals surface area contributed by atoms with Gasteiger partial charge in [-0.1, -0.05) is 6.07 Å². The Labute approximate surface area is 110 Å². The van der Waals surface area contributed by atoms with Gasteiger partial charge in [-0.2, -0.15) is 0 Å². The second kappa shape index (κ2) is 6.24. The number of rotatable bonds is 5. The maximum absolute atomic E-state index is 13.6. The van der Waals surface area contributed by atoms with Crippen LogP contribution in [-0.2, 0) is 13.0 Å². The van der Waals surface area contributed by atoms with Gasteiger partial charge in [0.25, 0.3) is 0 Å². The number of aromatic nitrogens is 1. The molecule has 19 heavy (non-hydrogen) atoms. The van der Waals surface area contributed by atoms with Gasteiger partial charge in [0.05, 0.1) is 6.61 Å². The van der Waals surface area contributed by atoms with E-state index in [0.29, 0.717) is 12.0 Å². The summed E-state index contributed by atoms with van der Waals surface area (Å²) >= 11 is 0. The number of benzene rings is 1. The molecule has 100 valence electrons. The molecule has 0 saturated carbocycles. The van der Waals surface area contributed by atoms with Crippen LogP contribution in [0.2, 0.25) is 0 Å². The van der Waals surface area contributed by atoms with Crippen LogP contribution in [0, 0.1) is 11.6 Å². The minimum Gasteiger partial charge on any atom is -0.487 e. The normalized spacial score (nSPS) is 10.5. The van der Waals surface area contributed by atoms with Crippen LogP contribution in [0.4, 0.5) is 8.78 Å². The van der Waals surface area contributed by atoms with Gasteiger partial charge >= 0.3 is 0 Å². The molecule has 2 rings (SSSR count). The SMILES string of the molecule is NCc1cc(F)c(OCCc2ccccn2)c(F)c1. The van der Waals surface area contributed by atoms with Gasteiger partial charge < -0.3 is 10.5 Å². The molecule has 0 spiro atoms. The van der Waals surface area contributed by atoms with Crippen molar-refractivity contribution in [3.8, 4) is 5.75 Å². The molecule has 2 aromatic rings. The molecular formula is C14H14F2N2O. The highest BCUT2D eigenvalue weighted by Gasteiger charge is 2.12. The maximum atomic E-state index is 13.6. The average Bonchev–Trinajstić information content (AvgIpc) is 2.42. The van der Waals surface area contributed by atoms with Crippen LogP contribution in [0.15, 0.2) is 36.5 Å². The molecule has 1 heterocycles. The van der Waals surface area contributed by atoms with Crippen LogP contribution in [0.5, 0.6) is 5.75 Å². The van der Waals surface area contributed by atoms with Gasteiger partial charge in [-0.05, 0) is 29.8 Å². The Morgan fingerprint density at radius 1 is 1.16 bits per heavy atom. The lowest BCUT2D eigenvalue weighted by molar-refractivity contribution is 0.287. The minimum absolute atomic E-state index is 0.0854. The lowest BCUT2D eigenvalue weighted by Crippen LogP contribution is -2.07. The van der Waals surface area contributed by atoms with E-state index in [9.17, 15) is 8.78 Å². The first-order valence-electron chi connectivity index (χ1n) is 5.91. The van der Waals surface area contributed by atoms with Crippen molar-refractivity contribution in [3.05, 3.63) is 59.4 Å². The minimum atomic E-state index is -0.735. The summed E-state index contributed by atoms with van der Waals surface area (Å²) in [4.78, 5) is 4.10. The third-order valence-corrected chi connectivity index (χ3v) is 2.62. The van der Waals surface area contributed by atoms with Crippen LogP contribution < -0.4 is 10.5 Å². The topological polar surface area (TPSA) is 48.1 Å². The first-order valence-corrected chi connectivity index (χ1v) is 5.91. The van der Waals surface area contributed by atoms with Gasteiger partial charge in [-0.15, -0.1) is 0 Å². The monoisotopic (exact) mass is 264 g/mol. The van der Waals surface area contributed by atoms with Gasteiger partial charge in [0.2, 0.25) is 0 Å². The first-order chi connectivity index (χ1) is 9.20. The molecule has 0 amide bonds. The molecule has 0 fully saturated rings. The average molecular weight is 264 g/mol. The number of hydrogen-bond acceptors (Lipinski definition) is 3. The lowest BCUT2D eigenvalue weighted by atomic mass is 10.2. The maximum Gasteiger partial charge on any atom is 0.190 e. The van der Waals surface area contributed by atoms with E-state index in [4.69, 9.17) is 10.5 Å². The number of nitrogens with two attached hydrogens (primary N) is 1. The molecule has 1 aromatic carbocycles. The number of pyridine rings is 1. The molecule has 0 aliphatic rings. The van der Waals surface area contributed by atoms with Crippen LogP contribution in [0.1, 0.15) is 11.3 Å². The molecule has 0 aliphatic carbocycles. The summed E-state index contributed by atoms with van der Waals surface area (Å²) in [6, 6.07) is 7.83. The highest BCUT2D eigenvalue weighted by Crippen LogP contribution is 2.23. The molecule has 0 radical (unpaired) electrons. The molecule has 0 atom stereocenters. The molecule has 2 N–H and O–H groups in total. The van der Waals surface area contributed by atoms with Crippen molar-refractivity contribution in [2.75, 3.05) is 6.61 Å². The summed E-state index contributed by atoms with van der Waals surface area (Å²) in [5, 5.41) is 0. The predicted molar refractivity (Wildman–Crippen MR) is 67.7 cm³/mol. The summed E-state index contributed by atoms with van der Waals surface area (Å²) in [6.07, 6.45) is 2.14. The van der Waals surface area contributed by atoms with Crippen molar-refractivity contribution >= 4 is 0 Å². The van der Waals surface area contributed by atoms with E-state index >= 15 is 0 Å². The van der Waals surface area contributed by atoms with Crippen LogP contribution in [-0.4, -0.2) is 11.6 Å². The predicted octanol–water partition coefficient (Wildman–Crippen LogP) is 2.44. The van der Waals surface area contributed by atoms with Gasteiger partial charge in [-0.25, -0.2) is 8.78 Å². The van der Waals surface area contributed by atoms with E-state index < -0.39 is 11.6 Å². The van der Waals surface area contributed by atoms with Gasteiger partial charge in [0.15, 0.2) is 17.4 Å². The van der Waals surface area contributed by atoms with Crippen molar-refractivity contribution in [2.24, 2.45) is 5.73 Å². The number of ether oxygens (including phenoxy) is 1. The van der Waals surface area contributed by atoms with E-state index in [1.165, 1.54) is 12.1 Å². The van der Waals surface area contributed by atoms with Crippen molar-refractivity contribution in [1.82, 2.24) is 4.98 Å². The van der Waals surface area contributed by atoms with E-state index in [2.05, 4.69) is 4.98 Å². The fourth-order valence-corrected chi connectivity index (χ4v) is 1.67. The largest absolute Gasteiger partial charge is 0.487 e. The number of halogens is 2. The molecular weight excluding hydrogens is 250 g/mol. The second-order valence-electron chi connectivity index (χ2n) is 4.01. The van der Waals surface area contributed by atoms with Gasteiger partial charge in [0.1, 0.15) is 0 Å². The van der Waals surface area contributed by atoms with Crippen molar-refractivity contribution in [1.29, 1.82) is 0 Å². The third kappa shape index (κ3) is 3.48. The van der Waals surface area contributed by atoms with Gasteiger partial charge in [-0.3, -0.25) is 4.98 Å². The third-order valence-electron chi connectivity index (χ3n) is 2.62. The molecule has 0 unspecified atom stereocenters. The van der Waals surface area contributed by atoms with E-state index in [1.54, 1.807) is 12.3 Å². The smallest absolute Gasteiger partial charge is 0.190 e. The van der Waals surface area contributed by atoms with Crippen LogP contribution >= 0.6 is 0 Å². The molecule has 3 nitrogen and oxygen atoms in total. The molecule has 1 aromatic heterocycles. The van der Waals surface area contributed by atoms with E-state index in [1.807, 2.05) is 12.1 Å². The fraction of sp³-hybridized carbons (Fsp3) is 0.214. The zero-order chi connectivity index (χ0) is 13.7. The van der Waals surface area contributed by atoms with Crippen LogP contribution in [0.25, 0.3) is 0 Å². The van der Waals surface area contributed by atoms with E-state index in [-0.39, 0.29) is 18.9 Å². The summed E-state index contributed by atoms with van der Waals surface area (Å²) < 4.78 is 32.3. The lowest BCUT2D eigenvalue weighted by Gasteiger charge is -2.09. The summed E-state index contributed by atoms with van der Waals surface area (Å²) in [7, 11) is 0. The Kier molecular flexibility index (Phi) is 4.41. The highest BCUT2D eigenvalue weighted by atomic mass is 19.1. The van der Waals surface area contributed by atoms with Crippen molar-refractivity contribution in [3.63, 3.8) is 0 Å². The summed E-state index contributed by atoms with van der Waals surface area (Å²) in [6.45, 7) is 0.245. The number of nitrogens with zero attached hydrogens (tertiary/aromatic N) is 1. The zero-order valence-electron chi connectivity index (χ0n) is 10.3. The Balaban J connectivity index is 2.00. The van der Waals surface area contributed by atoms with E-state index in [0.717, 1.165) is 5.69 Å². The first kappa shape index (κ1) is 13.4. The Hall–Kier alpha value is -2.01. The molecule has 0 aliphatic heterocycles. The second-order valence-corrected chi connectivity index (χ2v) is 4.01. The Morgan fingerprint density at radius 3 is 2.47 bits per heavy atom. The highest BCUT2D eigenvalue weighted by molar-refractivity contribution is 5.31. The summed E-state index contributed by atoms with van der Waals surface area (Å²) in [5.74, 6) is -1.84. The van der Waals surface area contributed by atoms with Crippen molar-refractivity contribution < 1.29 is 13.5 Å². The quantitative estimate of drug-likeness (QED) is 0.902. The Morgan fingerprint density at radius 2 is 1.89 bits per heavy atom. The van der Waals surface area contributed by atoms with Crippen LogP contribution in [0.3, 0.4) is 0 Å². The number of hydrogen-bond donors (Lipinski definition) is 1. The Bertz CT molecular complexity index is 523. The van der Waals surface area contributed by atoms with Crippen molar-refractivity contribution in [2.45, 2.75) is 13.0 Å². The molecule has 0 bridgehead atoms. The summed E-state index contributed by atoms with van der Waals surface area (Å²) in [5.41, 5.74) is 6.53. The fourth-order valence-electron chi connectivity index (χ4n) is 1.67. The molecule has 0 saturated heterocycles. The van der Waals surface area contributed by atoms with Gasteiger partial charge in [0, 0.05) is 24.9 Å². The zero-order valence-corrected chi connectivity index (χ0v) is 10.3. The standard InChI is InChI=1S/C14H14F2N2O/c15-12-7-10(9-17)8-13(16)14(12)19-6-4-11-3-1-2-5-18-11/h1-3,5,7-8H,4,6,9,17H2. The molecule has 5 heteroatoms.